The highest BCUT2D eigenvalue weighted by molar-refractivity contribution is 9.10. The summed E-state index contributed by atoms with van der Waals surface area (Å²) < 4.78 is 32.0. The monoisotopic (exact) mass is 480 g/mol. The molecule has 0 radical (unpaired) electrons. The first-order valence-electron chi connectivity index (χ1n) is 9.43. The number of carbonyl (C=O) groups is 1. The smallest absolute Gasteiger partial charge is 0.240 e. The molecule has 2 aromatic carbocycles. The molecule has 2 aromatic rings. The van der Waals surface area contributed by atoms with Crippen LogP contribution in [-0.4, -0.2) is 46.9 Å². The standard InChI is InChI=1S/C21H25BrN2O4S/c1-29(26,27)24(19-9-7-18(22)8-10-19)15-20(25)23-16-21(11-13-28-14-12-21)17-5-3-2-4-6-17/h2-10H,11-16H2,1H3,(H,23,25). The fourth-order valence-corrected chi connectivity index (χ4v) is 4.70. The van der Waals surface area contributed by atoms with Crippen molar-refractivity contribution in [2.75, 3.05) is 36.9 Å². The van der Waals surface area contributed by atoms with Crippen molar-refractivity contribution in [2.45, 2.75) is 18.3 Å². The van der Waals surface area contributed by atoms with Crippen LogP contribution >= 0.6 is 15.9 Å². The fraction of sp³-hybridized carbons (Fsp3) is 0.381. The molecule has 29 heavy (non-hydrogen) atoms. The molecule has 1 aliphatic heterocycles. The van der Waals surface area contributed by atoms with Crippen LogP contribution < -0.4 is 9.62 Å². The third-order valence-electron chi connectivity index (χ3n) is 5.26. The molecule has 0 aromatic heterocycles. The van der Waals surface area contributed by atoms with Crippen molar-refractivity contribution in [3.8, 4) is 0 Å². The average Bonchev–Trinajstić information content (AvgIpc) is 2.72. The van der Waals surface area contributed by atoms with Crippen LogP contribution in [0.1, 0.15) is 18.4 Å². The minimum absolute atomic E-state index is 0.206. The molecule has 1 fully saturated rings. The predicted molar refractivity (Wildman–Crippen MR) is 118 cm³/mol. The number of nitrogens with one attached hydrogen (secondary N) is 1. The molecule has 6 nitrogen and oxygen atoms in total. The number of hydrogen-bond donors (Lipinski definition) is 1. The predicted octanol–water partition coefficient (Wildman–Crippen LogP) is 3.08. The van der Waals surface area contributed by atoms with Crippen LogP contribution in [-0.2, 0) is 25.0 Å². The van der Waals surface area contributed by atoms with Gasteiger partial charge in [0, 0.05) is 29.6 Å². The van der Waals surface area contributed by atoms with Gasteiger partial charge in [0.2, 0.25) is 15.9 Å². The number of ether oxygens (including phenoxy) is 1. The molecule has 0 unspecified atom stereocenters. The number of rotatable bonds is 7. The zero-order chi connectivity index (χ0) is 20.9. The van der Waals surface area contributed by atoms with Gasteiger partial charge in [-0.15, -0.1) is 0 Å². The van der Waals surface area contributed by atoms with E-state index in [0.29, 0.717) is 25.4 Å². The minimum atomic E-state index is -3.60. The summed E-state index contributed by atoms with van der Waals surface area (Å²) in [6.45, 7) is 1.46. The maximum absolute atomic E-state index is 12.7. The molecule has 1 N–H and O–H groups in total. The normalized spacial score (nSPS) is 16.2. The van der Waals surface area contributed by atoms with Crippen molar-refractivity contribution in [1.29, 1.82) is 0 Å². The van der Waals surface area contributed by atoms with Gasteiger partial charge in [-0.1, -0.05) is 46.3 Å². The van der Waals surface area contributed by atoms with Crippen LogP contribution in [0.5, 0.6) is 0 Å². The van der Waals surface area contributed by atoms with E-state index in [1.807, 2.05) is 18.2 Å². The summed E-state index contributed by atoms with van der Waals surface area (Å²) in [5, 5.41) is 2.97. The van der Waals surface area contributed by atoms with Gasteiger partial charge < -0.3 is 10.1 Å². The zero-order valence-corrected chi connectivity index (χ0v) is 18.7. The summed E-state index contributed by atoms with van der Waals surface area (Å²) in [4.78, 5) is 12.7. The molecule has 8 heteroatoms. The second-order valence-electron chi connectivity index (χ2n) is 7.28. The molecule has 156 valence electrons. The number of nitrogens with zero attached hydrogens (tertiary/aromatic N) is 1. The van der Waals surface area contributed by atoms with Gasteiger partial charge in [-0.05, 0) is 42.7 Å². The number of carbonyl (C=O) groups excluding carboxylic acids is 1. The van der Waals surface area contributed by atoms with Gasteiger partial charge in [-0.3, -0.25) is 9.10 Å². The Balaban J connectivity index is 1.73. The first-order chi connectivity index (χ1) is 13.8. The molecule has 0 saturated carbocycles. The van der Waals surface area contributed by atoms with Crippen LogP contribution in [0.2, 0.25) is 0 Å². The molecule has 1 saturated heterocycles. The number of amides is 1. The van der Waals surface area contributed by atoms with E-state index in [1.165, 1.54) is 0 Å². The third kappa shape index (κ3) is 5.58. The van der Waals surface area contributed by atoms with Gasteiger partial charge in [0.05, 0.1) is 11.9 Å². The lowest BCUT2D eigenvalue weighted by Crippen LogP contribution is -2.47. The maximum atomic E-state index is 12.7. The van der Waals surface area contributed by atoms with Crippen LogP contribution in [0, 0.1) is 0 Å². The first-order valence-corrected chi connectivity index (χ1v) is 12.1. The lowest BCUT2D eigenvalue weighted by molar-refractivity contribution is -0.120. The highest BCUT2D eigenvalue weighted by Gasteiger charge is 2.35. The lowest BCUT2D eigenvalue weighted by atomic mass is 9.74. The summed E-state index contributed by atoms with van der Waals surface area (Å²) in [7, 11) is -3.60. The Hall–Kier alpha value is -1.90. The van der Waals surface area contributed by atoms with Crippen LogP contribution in [0.25, 0.3) is 0 Å². The van der Waals surface area contributed by atoms with Crippen LogP contribution in [0.3, 0.4) is 0 Å². The first kappa shape index (κ1) is 21.8. The van der Waals surface area contributed by atoms with Gasteiger partial charge in [-0.2, -0.15) is 0 Å². The highest BCUT2D eigenvalue weighted by Crippen LogP contribution is 2.34. The largest absolute Gasteiger partial charge is 0.381 e. The quantitative estimate of drug-likeness (QED) is 0.660. The molecule has 0 atom stereocenters. The maximum Gasteiger partial charge on any atom is 0.240 e. The van der Waals surface area contributed by atoms with Gasteiger partial charge in [0.25, 0.3) is 0 Å². The van der Waals surface area contributed by atoms with Crippen molar-refractivity contribution < 1.29 is 17.9 Å². The molecular formula is C21H25BrN2O4S. The van der Waals surface area contributed by atoms with Crippen molar-refractivity contribution in [2.24, 2.45) is 0 Å². The second-order valence-corrected chi connectivity index (χ2v) is 10.1. The van der Waals surface area contributed by atoms with E-state index in [9.17, 15) is 13.2 Å². The molecule has 0 bridgehead atoms. The van der Waals surface area contributed by atoms with Crippen LogP contribution in [0.4, 0.5) is 5.69 Å². The molecule has 1 aliphatic rings. The summed E-state index contributed by atoms with van der Waals surface area (Å²) in [5.41, 5.74) is 1.41. The van der Waals surface area contributed by atoms with Gasteiger partial charge >= 0.3 is 0 Å². The number of halogens is 1. The van der Waals surface area contributed by atoms with Gasteiger partial charge in [0.1, 0.15) is 6.54 Å². The van der Waals surface area contributed by atoms with Crippen molar-refractivity contribution >= 4 is 37.5 Å². The Morgan fingerprint density at radius 1 is 1.10 bits per heavy atom. The Kier molecular flexibility index (Phi) is 6.97. The summed E-state index contributed by atoms with van der Waals surface area (Å²) >= 11 is 3.34. The van der Waals surface area contributed by atoms with E-state index in [2.05, 4.69) is 33.4 Å². The van der Waals surface area contributed by atoms with Crippen molar-refractivity contribution in [3.05, 3.63) is 64.6 Å². The zero-order valence-electron chi connectivity index (χ0n) is 16.3. The molecule has 0 spiro atoms. The average molecular weight is 481 g/mol. The highest BCUT2D eigenvalue weighted by atomic mass is 79.9. The number of sulfonamides is 1. The van der Waals surface area contributed by atoms with Gasteiger partial charge in [0.15, 0.2) is 0 Å². The van der Waals surface area contributed by atoms with Gasteiger partial charge in [-0.25, -0.2) is 8.42 Å². The van der Waals surface area contributed by atoms with E-state index in [4.69, 9.17) is 4.74 Å². The van der Waals surface area contributed by atoms with Crippen molar-refractivity contribution in [3.63, 3.8) is 0 Å². The number of hydrogen-bond acceptors (Lipinski definition) is 4. The number of benzene rings is 2. The topological polar surface area (TPSA) is 75.7 Å². The third-order valence-corrected chi connectivity index (χ3v) is 6.93. The summed E-state index contributed by atoms with van der Waals surface area (Å²) in [5.74, 6) is -0.333. The number of anilines is 1. The lowest BCUT2D eigenvalue weighted by Gasteiger charge is -2.38. The van der Waals surface area contributed by atoms with E-state index < -0.39 is 10.0 Å². The molecular weight excluding hydrogens is 456 g/mol. The summed E-state index contributed by atoms with van der Waals surface area (Å²) in [6.07, 6.45) is 2.71. The Morgan fingerprint density at radius 2 is 1.72 bits per heavy atom. The Morgan fingerprint density at radius 3 is 2.31 bits per heavy atom. The molecule has 1 amide bonds. The van der Waals surface area contributed by atoms with E-state index in [-0.39, 0.29) is 17.9 Å². The van der Waals surface area contributed by atoms with E-state index >= 15 is 0 Å². The molecule has 3 rings (SSSR count). The molecule has 0 aliphatic carbocycles. The summed E-state index contributed by atoms with van der Waals surface area (Å²) in [6, 6.07) is 16.9. The van der Waals surface area contributed by atoms with Crippen molar-refractivity contribution in [1.82, 2.24) is 5.32 Å². The molecule has 1 heterocycles. The van der Waals surface area contributed by atoms with Crippen LogP contribution in [0.15, 0.2) is 59.1 Å². The van der Waals surface area contributed by atoms with E-state index in [0.717, 1.165) is 33.4 Å². The second kappa shape index (κ2) is 9.28. The SMILES string of the molecule is CS(=O)(=O)N(CC(=O)NCC1(c2ccccc2)CCOCC1)c1ccc(Br)cc1. The Bertz CT molecular complexity index is 927. The minimum Gasteiger partial charge on any atom is -0.381 e. The Labute approximate surface area is 180 Å². The van der Waals surface area contributed by atoms with E-state index in [1.54, 1.807) is 24.3 Å². The fourth-order valence-electron chi connectivity index (χ4n) is 3.58.